The summed E-state index contributed by atoms with van der Waals surface area (Å²) >= 11 is 0. The Morgan fingerprint density at radius 3 is 2.59 bits per heavy atom. The molecular weight excluding hydrogens is 216 g/mol. The molecule has 2 aliphatic rings. The van der Waals surface area contributed by atoms with Gasteiger partial charge in [-0.15, -0.1) is 0 Å². The number of hydrogen-bond acceptors (Lipinski definition) is 3. The lowest BCUT2D eigenvalue weighted by Gasteiger charge is -2.32. The maximum Gasteiger partial charge on any atom is 0.320 e. The van der Waals surface area contributed by atoms with E-state index in [-0.39, 0.29) is 6.04 Å². The van der Waals surface area contributed by atoms with E-state index in [1.54, 1.807) is 0 Å². The van der Waals surface area contributed by atoms with Gasteiger partial charge in [0, 0.05) is 19.1 Å². The molecule has 2 aliphatic heterocycles. The van der Waals surface area contributed by atoms with Crippen LogP contribution in [0.5, 0.6) is 0 Å². The van der Waals surface area contributed by atoms with E-state index >= 15 is 0 Å². The lowest BCUT2D eigenvalue weighted by Crippen LogP contribution is -2.44. The van der Waals surface area contributed by atoms with E-state index in [0.717, 1.165) is 19.5 Å². The van der Waals surface area contributed by atoms with Crippen LogP contribution >= 0.6 is 0 Å². The van der Waals surface area contributed by atoms with E-state index in [0.29, 0.717) is 12.5 Å². The van der Waals surface area contributed by atoms with Crippen molar-refractivity contribution in [2.45, 2.75) is 51.1 Å². The maximum absolute atomic E-state index is 11.1. The molecule has 2 heterocycles. The van der Waals surface area contributed by atoms with Gasteiger partial charge in [0.25, 0.3) is 0 Å². The van der Waals surface area contributed by atoms with Crippen LogP contribution in [0.1, 0.15) is 39.0 Å². The zero-order valence-electron chi connectivity index (χ0n) is 10.8. The molecule has 0 bridgehead atoms. The number of likely N-dealkylation sites (tertiary alicyclic amines) is 2. The Bertz CT molecular complexity index is 264. The summed E-state index contributed by atoms with van der Waals surface area (Å²) in [6, 6.07) is 0.327. The molecule has 1 N–H and O–H groups in total. The Morgan fingerprint density at radius 2 is 2.00 bits per heavy atom. The van der Waals surface area contributed by atoms with Crippen molar-refractivity contribution in [2.75, 3.05) is 26.2 Å². The highest BCUT2D eigenvalue weighted by molar-refractivity contribution is 5.73. The summed E-state index contributed by atoms with van der Waals surface area (Å²) < 4.78 is 0. The number of nitrogens with zero attached hydrogens (tertiary/aromatic N) is 2. The van der Waals surface area contributed by atoms with Gasteiger partial charge < -0.3 is 5.11 Å². The Labute approximate surface area is 104 Å². The first-order chi connectivity index (χ1) is 8.22. The minimum absolute atomic E-state index is 0.273. The average Bonchev–Trinajstić information content (AvgIpc) is 2.80. The molecule has 2 unspecified atom stereocenters. The van der Waals surface area contributed by atoms with Gasteiger partial charge in [0.15, 0.2) is 0 Å². The first kappa shape index (κ1) is 12.8. The highest BCUT2D eigenvalue weighted by Crippen LogP contribution is 2.22. The first-order valence-corrected chi connectivity index (χ1v) is 6.93. The van der Waals surface area contributed by atoms with Crippen molar-refractivity contribution in [1.82, 2.24) is 9.80 Å². The number of piperidine rings is 1. The molecule has 2 fully saturated rings. The number of hydrogen-bond donors (Lipinski definition) is 1. The molecule has 0 aromatic carbocycles. The Kier molecular flexibility index (Phi) is 4.40. The molecule has 4 nitrogen and oxygen atoms in total. The topological polar surface area (TPSA) is 43.8 Å². The van der Waals surface area contributed by atoms with Crippen LogP contribution in [0.2, 0.25) is 0 Å². The van der Waals surface area contributed by atoms with Gasteiger partial charge in [0.1, 0.15) is 6.04 Å². The molecule has 0 radical (unpaired) electrons. The monoisotopic (exact) mass is 240 g/mol. The third-order valence-corrected chi connectivity index (χ3v) is 4.21. The second kappa shape index (κ2) is 5.83. The van der Waals surface area contributed by atoms with Gasteiger partial charge in [0.05, 0.1) is 0 Å². The molecule has 2 saturated heterocycles. The van der Waals surface area contributed by atoms with E-state index in [2.05, 4.69) is 9.80 Å². The zero-order valence-corrected chi connectivity index (χ0v) is 10.8. The number of aliphatic carboxylic acids is 1. The SMILES string of the molecule is CCC(C(=O)O)N1CCC(N2CCCCC2)C1. The molecule has 0 aliphatic carbocycles. The predicted octanol–water partition coefficient (Wildman–Crippen LogP) is 1.41. The number of carboxylic acid groups (broad SMARTS) is 1. The molecule has 4 heteroatoms. The molecule has 0 spiro atoms. The molecule has 0 aromatic rings. The van der Waals surface area contributed by atoms with Crippen LogP contribution in [-0.4, -0.2) is 59.1 Å². The van der Waals surface area contributed by atoms with E-state index < -0.39 is 5.97 Å². The summed E-state index contributed by atoms with van der Waals surface area (Å²) in [7, 11) is 0. The Morgan fingerprint density at radius 1 is 1.29 bits per heavy atom. The van der Waals surface area contributed by atoms with Crippen LogP contribution in [0, 0.1) is 0 Å². The summed E-state index contributed by atoms with van der Waals surface area (Å²) in [5, 5.41) is 9.17. The smallest absolute Gasteiger partial charge is 0.320 e. The van der Waals surface area contributed by atoms with E-state index in [1.165, 1.54) is 32.4 Å². The highest BCUT2D eigenvalue weighted by atomic mass is 16.4. The molecule has 2 atom stereocenters. The van der Waals surface area contributed by atoms with Gasteiger partial charge in [-0.05, 0) is 38.8 Å². The van der Waals surface area contributed by atoms with E-state index in [4.69, 9.17) is 0 Å². The van der Waals surface area contributed by atoms with Crippen molar-refractivity contribution >= 4 is 5.97 Å². The number of carboxylic acids is 1. The van der Waals surface area contributed by atoms with Gasteiger partial charge in [-0.25, -0.2) is 0 Å². The van der Waals surface area contributed by atoms with E-state index in [1.807, 2.05) is 6.92 Å². The summed E-state index contributed by atoms with van der Waals surface area (Å²) in [4.78, 5) is 15.9. The Hall–Kier alpha value is -0.610. The molecule has 17 heavy (non-hydrogen) atoms. The molecule has 0 saturated carbocycles. The van der Waals surface area contributed by atoms with Crippen LogP contribution in [0.4, 0.5) is 0 Å². The predicted molar refractivity (Wildman–Crippen MR) is 67.1 cm³/mol. The maximum atomic E-state index is 11.1. The Balaban J connectivity index is 1.87. The third-order valence-electron chi connectivity index (χ3n) is 4.21. The standard InChI is InChI=1S/C13H24N2O2/c1-2-12(13(16)17)15-9-6-11(10-15)14-7-4-3-5-8-14/h11-12H,2-10H2,1H3,(H,16,17). The summed E-state index contributed by atoms with van der Waals surface area (Å²) in [6.07, 6.45) is 5.84. The van der Waals surface area contributed by atoms with Crippen molar-refractivity contribution in [3.63, 3.8) is 0 Å². The van der Waals surface area contributed by atoms with Crippen molar-refractivity contribution in [3.05, 3.63) is 0 Å². The minimum atomic E-state index is -0.660. The molecule has 2 rings (SSSR count). The fourth-order valence-corrected chi connectivity index (χ4v) is 3.22. The lowest BCUT2D eigenvalue weighted by atomic mass is 10.1. The second-order valence-corrected chi connectivity index (χ2v) is 5.30. The summed E-state index contributed by atoms with van der Waals surface area (Å²) in [6.45, 7) is 6.29. The van der Waals surface area contributed by atoms with Gasteiger partial charge in [0.2, 0.25) is 0 Å². The van der Waals surface area contributed by atoms with Crippen LogP contribution in [0.3, 0.4) is 0 Å². The number of rotatable bonds is 4. The van der Waals surface area contributed by atoms with Gasteiger partial charge >= 0.3 is 5.97 Å². The first-order valence-electron chi connectivity index (χ1n) is 6.93. The fourth-order valence-electron chi connectivity index (χ4n) is 3.22. The van der Waals surface area contributed by atoms with Gasteiger partial charge in [-0.3, -0.25) is 14.6 Å². The highest BCUT2D eigenvalue weighted by Gasteiger charge is 2.34. The number of carbonyl (C=O) groups is 1. The van der Waals surface area contributed by atoms with Crippen molar-refractivity contribution in [2.24, 2.45) is 0 Å². The third kappa shape index (κ3) is 2.99. The van der Waals surface area contributed by atoms with Crippen LogP contribution in [-0.2, 0) is 4.79 Å². The summed E-state index contributed by atoms with van der Waals surface area (Å²) in [5.74, 6) is -0.660. The van der Waals surface area contributed by atoms with Gasteiger partial charge in [-0.1, -0.05) is 13.3 Å². The molecule has 98 valence electrons. The van der Waals surface area contributed by atoms with Crippen LogP contribution in [0.25, 0.3) is 0 Å². The zero-order chi connectivity index (χ0) is 12.3. The van der Waals surface area contributed by atoms with Crippen molar-refractivity contribution in [3.8, 4) is 0 Å². The second-order valence-electron chi connectivity index (χ2n) is 5.30. The van der Waals surface area contributed by atoms with Gasteiger partial charge in [-0.2, -0.15) is 0 Å². The molecular formula is C13H24N2O2. The van der Waals surface area contributed by atoms with Crippen LogP contribution < -0.4 is 0 Å². The summed E-state index contributed by atoms with van der Waals surface area (Å²) in [5.41, 5.74) is 0. The van der Waals surface area contributed by atoms with E-state index in [9.17, 15) is 9.90 Å². The van der Waals surface area contributed by atoms with Crippen LogP contribution in [0.15, 0.2) is 0 Å². The lowest BCUT2D eigenvalue weighted by molar-refractivity contribution is -0.143. The molecule has 0 aromatic heterocycles. The minimum Gasteiger partial charge on any atom is -0.480 e. The largest absolute Gasteiger partial charge is 0.480 e. The fraction of sp³-hybridized carbons (Fsp3) is 0.923. The molecule has 0 amide bonds. The normalized spacial score (nSPS) is 29.4. The quantitative estimate of drug-likeness (QED) is 0.807. The van der Waals surface area contributed by atoms with Crippen molar-refractivity contribution < 1.29 is 9.90 Å². The average molecular weight is 240 g/mol. The van der Waals surface area contributed by atoms with Crippen molar-refractivity contribution in [1.29, 1.82) is 0 Å².